The summed E-state index contributed by atoms with van der Waals surface area (Å²) in [5.41, 5.74) is 10.1. The second kappa shape index (κ2) is 7.96. The molecule has 1 aliphatic carbocycles. The van der Waals surface area contributed by atoms with Crippen molar-refractivity contribution < 1.29 is 9.18 Å². The van der Waals surface area contributed by atoms with Crippen molar-refractivity contribution in [1.29, 1.82) is 0 Å². The van der Waals surface area contributed by atoms with Crippen molar-refractivity contribution >= 4 is 17.2 Å². The maximum atomic E-state index is 14.0. The number of fused-ring (bicyclic) bond motifs is 3. The molecule has 3 aromatic rings. The van der Waals surface area contributed by atoms with Crippen molar-refractivity contribution in [1.82, 2.24) is 15.1 Å². The molecule has 5 nitrogen and oxygen atoms in total. The Bertz CT molecular complexity index is 1080. The summed E-state index contributed by atoms with van der Waals surface area (Å²) < 4.78 is 16.1. The van der Waals surface area contributed by atoms with Gasteiger partial charge in [-0.05, 0) is 55.7 Å². The molecule has 1 amide bonds. The van der Waals surface area contributed by atoms with Gasteiger partial charge in [-0.2, -0.15) is 5.10 Å². The maximum absolute atomic E-state index is 14.0. The summed E-state index contributed by atoms with van der Waals surface area (Å²) in [6.07, 6.45) is 6.80. The van der Waals surface area contributed by atoms with Gasteiger partial charge >= 0.3 is 0 Å². The quantitative estimate of drug-likeness (QED) is 0.631. The highest BCUT2D eigenvalue weighted by Gasteiger charge is 2.32. The average Bonchev–Trinajstić information content (AvgIpc) is 3.42. The fourth-order valence-electron chi connectivity index (χ4n) is 4.25. The van der Waals surface area contributed by atoms with Gasteiger partial charge in [0, 0.05) is 35.1 Å². The third-order valence-corrected chi connectivity index (χ3v) is 7.18. The SMILES string of the molecule is NCC(Cc1ccccc1F)NC(=O)c1cc2c(s1)CCCn1ncc(C3CC3)c1-2. The third kappa shape index (κ3) is 3.68. The first-order valence-corrected chi connectivity index (χ1v) is 11.4. The lowest BCUT2D eigenvalue weighted by molar-refractivity contribution is 0.0942. The number of benzene rings is 1. The molecule has 1 aliphatic heterocycles. The van der Waals surface area contributed by atoms with Crippen LogP contribution in [0.15, 0.2) is 36.5 Å². The highest BCUT2D eigenvalue weighted by atomic mass is 32.1. The molecular formula is C23H25FN4OS. The van der Waals surface area contributed by atoms with Crippen molar-refractivity contribution in [2.45, 2.75) is 50.6 Å². The standard InChI is InChI=1S/C23H25FN4OS/c24-19-5-2-1-4-15(19)10-16(12-25)27-23(29)21-11-17-20(30-21)6-3-9-28-22(17)18(13-26-28)14-7-8-14/h1-2,4-5,11,13-14,16H,3,6-10,12,25H2,(H,27,29). The zero-order valence-electron chi connectivity index (χ0n) is 16.7. The van der Waals surface area contributed by atoms with Crippen molar-refractivity contribution in [3.8, 4) is 11.3 Å². The predicted octanol–water partition coefficient (Wildman–Crippen LogP) is 3.87. The number of aryl methyl sites for hydroxylation is 2. The van der Waals surface area contributed by atoms with Gasteiger partial charge in [-0.25, -0.2) is 4.39 Å². The monoisotopic (exact) mass is 424 g/mol. The summed E-state index contributed by atoms with van der Waals surface area (Å²) in [5.74, 6) is 0.201. The summed E-state index contributed by atoms with van der Waals surface area (Å²) >= 11 is 1.56. The number of carbonyl (C=O) groups excluding carboxylic acids is 1. The summed E-state index contributed by atoms with van der Waals surface area (Å²) in [6, 6.07) is 8.32. The van der Waals surface area contributed by atoms with Gasteiger partial charge in [0.1, 0.15) is 5.82 Å². The number of carbonyl (C=O) groups is 1. The zero-order chi connectivity index (χ0) is 20.7. The normalized spacial score (nSPS) is 16.5. The van der Waals surface area contributed by atoms with Crippen molar-refractivity contribution in [3.63, 3.8) is 0 Å². The number of rotatable bonds is 6. The Labute approximate surface area is 179 Å². The Kier molecular flexibility index (Phi) is 5.16. The molecule has 0 radical (unpaired) electrons. The van der Waals surface area contributed by atoms with Crippen LogP contribution in [-0.4, -0.2) is 28.3 Å². The van der Waals surface area contributed by atoms with Crippen LogP contribution < -0.4 is 11.1 Å². The molecule has 3 heterocycles. The molecule has 1 aromatic carbocycles. The van der Waals surface area contributed by atoms with Crippen LogP contribution in [0.3, 0.4) is 0 Å². The van der Waals surface area contributed by atoms with Gasteiger partial charge in [-0.1, -0.05) is 18.2 Å². The van der Waals surface area contributed by atoms with E-state index >= 15 is 0 Å². The summed E-state index contributed by atoms with van der Waals surface area (Å²) in [5, 5.41) is 7.62. The third-order valence-electron chi connectivity index (χ3n) is 5.99. The van der Waals surface area contributed by atoms with Gasteiger partial charge in [0.15, 0.2) is 0 Å². The van der Waals surface area contributed by atoms with Crippen LogP contribution in [0.4, 0.5) is 4.39 Å². The molecule has 1 atom stereocenters. The van der Waals surface area contributed by atoms with Crippen LogP contribution in [0.2, 0.25) is 0 Å². The molecule has 156 valence electrons. The van der Waals surface area contributed by atoms with E-state index in [1.54, 1.807) is 29.5 Å². The van der Waals surface area contributed by atoms with E-state index in [-0.39, 0.29) is 24.3 Å². The molecule has 0 spiro atoms. The molecule has 30 heavy (non-hydrogen) atoms. The van der Waals surface area contributed by atoms with E-state index in [2.05, 4.69) is 15.1 Å². The minimum Gasteiger partial charge on any atom is -0.347 e. The van der Waals surface area contributed by atoms with Crippen LogP contribution in [0, 0.1) is 5.82 Å². The number of aromatic nitrogens is 2. The van der Waals surface area contributed by atoms with Gasteiger partial charge in [0.2, 0.25) is 0 Å². The van der Waals surface area contributed by atoms with Crippen molar-refractivity contribution in [2.75, 3.05) is 6.54 Å². The first-order valence-electron chi connectivity index (χ1n) is 10.6. The van der Waals surface area contributed by atoms with E-state index in [0.717, 1.165) is 24.9 Å². The number of amides is 1. The second-order valence-corrected chi connectivity index (χ2v) is 9.34. The molecule has 2 aromatic heterocycles. The summed E-state index contributed by atoms with van der Waals surface area (Å²) in [4.78, 5) is 14.9. The fraction of sp³-hybridized carbons (Fsp3) is 0.391. The lowest BCUT2D eigenvalue weighted by Gasteiger charge is -2.16. The highest BCUT2D eigenvalue weighted by Crippen LogP contribution is 2.47. The molecule has 1 unspecified atom stereocenters. The van der Waals surface area contributed by atoms with Gasteiger partial charge in [0.05, 0.1) is 16.8 Å². The smallest absolute Gasteiger partial charge is 0.261 e. The summed E-state index contributed by atoms with van der Waals surface area (Å²) in [6.45, 7) is 1.17. The number of hydrogen-bond acceptors (Lipinski definition) is 4. The second-order valence-electron chi connectivity index (χ2n) is 8.20. The molecular weight excluding hydrogens is 399 g/mol. The lowest BCUT2D eigenvalue weighted by Crippen LogP contribution is -2.41. The van der Waals surface area contributed by atoms with Gasteiger partial charge < -0.3 is 11.1 Å². The number of nitrogens with zero attached hydrogens (tertiary/aromatic N) is 2. The Morgan fingerprint density at radius 3 is 2.97 bits per heavy atom. The molecule has 0 bridgehead atoms. The van der Waals surface area contributed by atoms with Gasteiger partial charge in [-0.3, -0.25) is 9.48 Å². The Balaban J connectivity index is 1.39. The Hall–Kier alpha value is -2.51. The van der Waals surface area contributed by atoms with Crippen LogP contribution in [-0.2, 0) is 19.4 Å². The first kappa shape index (κ1) is 19.5. The van der Waals surface area contributed by atoms with Crippen LogP contribution in [0.25, 0.3) is 11.3 Å². The first-order chi connectivity index (χ1) is 14.6. The largest absolute Gasteiger partial charge is 0.347 e. The molecule has 0 saturated heterocycles. The van der Waals surface area contributed by atoms with Crippen LogP contribution in [0.1, 0.15) is 50.9 Å². The number of thiophene rings is 1. The van der Waals surface area contributed by atoms with Gasteiger partial charge in [0.25, 0.3) is 5.91 Å². The Morgan fingerprint density at radius 1 is 1.37 bits per heavy atom. The Morgan fingerprint density at radius 2 is 2.20 bits per heavy atom. The molecule has 5 rings (SSSR count). The zero-order valence-corrected chi connectivity index (χ0v) is 17.6. The number of hydrogen-bond donors (Lipinski definition) is 2. The minimum absolute atomic E-state index is 0.140. The van der Waals surface area contributed by atoms with E-state index in [4.69, 9.17) is 5.73 Å². The van der Waals surface area contributed by atoms with E-state index in [0.29, 0.717) is 22.8 Å². The lowest BCUT2D eigenvalue weighted by atomic mass is 10.0. The summed E-state index contributed by atoms with van der Waals surface area (Å²) in [7, 11) is 0. The van der Waals surface area contributed by atoms with E-state index in [1.807, 2.05) is 12.3 Å². The molecule has 2 aliphatic rings. The van der Waals surface area contributed by atoms with Crippen molar-refractivity contribution in [2.24, 2.45) is 5.73 Å². The van der Waals surface area contributed by atoms with Crippen LogP contribution in [0.5, 0.6) is 0 Å². The number of nitrogens with one attached hydrogen (secondary N) is 1. The van der Waals surface area contributed by atoms with Crippen molar-refractivity contribution in [3.05, 3.63) is 63.2 Å². The number of nitrogens with two attached hydrogens (primary N) is 1. The van der Waals surface area contributed by atoms with Crippen LogP contribution >= 0.6 is 11.3 Å². The topological polar surface area (TPSA) is 72.9 Å². The fourth-order valence-corrected chi connectivity index (χ4v) is 5.36. The highest BCUT2D eigenvalue weighted by molar-refractivity contribution is 7.14. The molecule has 7 heteroatoms. The van der Waals surface area contributed by atoms with Gasteiger partial charge in [-0.15, -0.1) is 11.3 Å². The maximum Gasteiger partial charge on any atom is 0.261 e. The van der Waals surface area contributed by atoms with E-state index in [9.17, 15) is 9.18 Å². The van der Waals surface area contributed by atoms with E-state index < -0.39 is 0 Å². The molecule has 1 saturated carbocycles. The number of halogens is 1. The molecule has 1 fully saturated rings. The molecule has 3 N–H and O–H groups in total. The predicted molar refractivity (Wildman–Crippen MR) is 116 cm³/mol. The van der Waals surface area contributed by atoms with E-state index in [1.165, 1.54) is 35.0 Å². The average molecular weight is 425 g/mol. The minimum atomic E-state index is -0.316.